The summed E-state index contributed by atoms with van der Waals surface area (Å²) < 4.78 is 5.38. The molecule has 0 saturated carbocycles. The van der Waals surface area contributed by atoms with Crippen LogP contribution in [0.2, 0.25) is 5.15 Å². The molecular weight excluding hydrogens is 216 g/mol. The van der Waals surface area contributed by atoms with Gasteiger partial charge in [-0.15, -0.1) is 0 Å². The number of aromatic nitrogens is 1. The molecule has 4 nitrogen and oxygen atoms in total. The number of carbonyl (C=O) groups excluding carboxylic acids is 1. The zero-order chi connectivity index (χ0) is 11.4. The predicted octanol–water partition coefficient (Wildman–Crippen LogP) is 1.59. The molecule has 0 aliphatic carbocycles. The van der Waals surface area contributed by atoms with E-state index in [-0.39, 0.29) is 11.1 Å². The molecular formula is C10H13ClN2O2. The Morgan fingerprint density at radius 2 is 2.27 bits per heavy atom. The van der Waals surface area contributed by atoms with E-state index in [1.165, 1.54) is 4.90 Å². The van der Waals surface area contributed by atoms with Gasteiger partial charge in [0, 0.05) is 20.3 Å². The topological polar surface area (TPSA) is 42.4 Å². The van der Waals surface area contributed by atoms with Crippen LogP contribution in [0.1, 0.15) is 6.92 Å². The third-order valence-electron chi connectivity index (χ3n) is 1.82. The summed E-state index contributed by atoms with van der Waals surface area (Å²) in [5.41, 5.74) is 0. The molecule has 0 aromatic carbocycles. The standard InChI is InChI=1S/C10H13ClN2O2/c1-7(10(14)13(2)3)15-8-5-4-6-12-9(8)11/h4-7H,1-3H3. The van der Waals surface area contributed by atoms with Crippen LogP contribution in [0.4, 0.5) is 0 Å². The van der Waals surface area contributed by atoms with Gasteiger partial charge in [-0.25, -0.2) is 4.98 Å². The summed E-state index contributed by atoms with van der Waals surface area (Å²) in [7, 11) is 3.35. The predicted molar refractivity (Wildman–Crippen MR) is 58.0 cm³/mol. The summed E-state index contributed by atoms with van der Waals surface area (Å²) >= 11 is 5.79. The fourth-order valence-electron chi connectivity index (χ4n) is 1.06. The molecule has 1 amide bonds. The Kier molecular flexibility index (Phi) is 3.91. The molecule has 1 aromatic heterocycles. The van der Waals surface area contributed by atoms with Gasteiger partial charge in [-0.05, 0) is 19.1 Å². The SMILES string of the molecule is CC(Oc1cccnc1Cl)C(=O)N(C)C. The van der Waals surface area contributed by atoms with Crippen molar-refractivity contribution in [2.75, 3.05) is 14.1 Å². The van der Waals surface area contributed by atoms with Gasteiger partial charge in [0.05, 0.1) is 0 Å². The van der Waals surface area contributed by atoms with E-state index in [0.717, 1.165) is 0 Å². The van der Waals surface area contributed by atoms with E-state index in [2.05, 4.69) is 4.98 Å². The smallest absolute Gasteiger partial charge is 0.262 e. The molecule has 5 heteroatoms. The number of hydrogen-bond acceptors (Lipinski definition) is 3. The maximum Gasteiger partial charge on any atom is 0.262 e. The molecule has 1 unspecified atom stereocenters. The second kappa shape index (κ2) is 4.98. The Morgan fingerprint density at radius 3 is 2.80 bits per heavy atom. The van der Waals surface area contributed by atoms with E-state index < -0.39 is 6.10 Å². The van der Waals surface area contributed by atoms with Crippen LogP contribution >= 0.6 is 11.6 Å². The van der Waals surface area contributed by atoms with Gasteiger partial charge in [-0.2, -0.15) is 0 Å². The molecule has 0 saturated heterocycles. The van der Waals surface area contributed by atoms with Crippen LogP contribution < -0.4 is 4.74 Å². The Bertz CT molecular complexity index is 355. The Morgan fingerprint density at radius 1 is 1.60 bits per heavy atom. The molecule has 1 aromatic rings. The highest BCUT2D eigenvalue weighted by atomic mass is 35.5. The number of ether oxygens (including phenoxy) is 1. The summed E-state index contributed by atoms with van der Waals surface area (Å²) in [6.45, 7) is 1.67. The van der Waals surface area contributed by atoms with Crippen LogP contribution in [-0.4, -0.2) is 36.0 Å². The zero-order valence-corrected chi connectivity index (χ0v) is 9.65. The number of hydrogen-bond donors (Lipinski definition) is 0. The Hall–Kier alpha value is -1.29. The lowest BCUT2D eigenvalue weighted by atomic mass is 10.3. The van der Waals surface area contributed by atoms with Crippen molar-refractivity contribution in [1.82, 2.24) is 9.88 Å². The van der Waals surface area contributed by atoms with E-state index in [0.29, 0.717) is 5.75 Å². The maximum atomic E-state index is 11.5. The highest BCUT2D eigenvalue weighted by Crippen LogP contribution is 2.21. The molecule has 0 spiro atoms. The second-order valence-electron chi connectivity index (χ2n) is 3.29. The molecule has 1 rings (SSSR count). The number of amides is 1. The fourth-order valence-corrected chi connectivity index (χ4v) is 1.23. The van der Waals surface area contributed by atoms with Crippen LogP contribution in [0.3, 0.4) is 0 Å². The number of rotatable bonds is 3. The minimum Gasteiger partial charge on any atom is -0.478 e. The van der Waals surface area contributed by atoms with Crippen LogP contribution in [0.25, 0.3) is 0 Å². The van der Waals surface area contributed by atoms with Crippen molar-refractivity contribution in [3.8, 4) is 5.75 Å². The summed E-state index contributed by atoms with van der Waals surface area (Å²) in [4.78, 5) is 16.8. The number of nitrogens with zero attached hydrogens (tertiary/aromatic N) is 2. The summed E-state index contributed by atoms with van der Waals surface area (Å²) in [5.74, 6) is 0.303. The van der Waals surface area contributed by atoms with Gasteiger partial charge < -0.3 is 9.64 Å². The quantitative estimate of drug-likeness (QED) is 0.738. The molecule has 15 heavy (non-hydrogen) atoms. The average Bonchev–Trinajstić information content (AvgIpc) is 2.20. The van der Waals surface area contributed by atoms with Crippen molar-refractivity contribution < 1.29 is 9.53 Å². The Labute approximate surface area is 93.8 Å². The lowest BCUT2D eigenvalue weighted by molar-refractivity contribution is -0.135. The van der Waals surface area contributed by atoms with E-state index in [1.54, 1.807) is 39.3 Å². The molecule has 0 radical (unpaired) electrons. The summed E-state index contributed by atoms with van der Waals surface area (Å²) in [5, 5.41) is 0.260. The molecule has 0 bridgehead atoms. The van der Waals surface area contributed by atoms with Crippen LogP contribution in [-0.2, 0) is 4.79 Å². The summed E-state index contributed by atoms with van der Waals surface area (Å²) in [6.07, 6.45) is 0.995. The van der Waals surface area contributed by atoms with Crippen molar-refractivity contribution in [2.24, 2.45) is 0 Å². The van der Waals surface area contributed by atoms with Gasteiger partial charge in [0.25, 0.3) is 5.91 Å². The normalized spacial score (nSPS) is 12.0. The van der Waals surface area contributed by atoms with Gasteiger partial charge in [0.2, 0.25) is 0 Å². The second-order valence-corrected chi connectivity index (χ2v) is 3.64. The third-order valence-corrected chi connectivity index (χ3v) is 2.10. The largest absolute Gasteiger partial charge is 0.478 e. The lowest BCUT2D eigenvalue weighted by Crippen LogP contribution is -2.35. The van der Waals surface area contributed by atoms with Crippen LogP contribution in [0.15, 0.2) is 18.3 Å². The van der Waals surface area contributed by atoms with Crippen LogP contribution in [0.5, 0.6) is 5.75 Å². The molecule has 1 heterocycles. The first-order chi connectivity index (χ1) is 7.02. The number of carbonyl (C=O) groups is 1. The third kappa shape index (κ3) is 3.09. The van der Waals surface area contributed by atoms with Crippen molar-refractivity contribution in [3.63, 3.8) is 0 Å². The zero-order valence-electron chi connectivity index (χ0n) is 8.90. The average molecular weight is 229 g/mol. The van der Waals surface area contributed by atoms with E-state index >= 15 is 0 Å². The van der Waals surface area contributed by atoms with Crippen LogP contribution in [0, 0.1) is 0 Å². The first kappa shape index (κ1) is 11.8. The fraction of sp³-hybridized carbons (Fsp3) is 0.400. The van der Waals surface area contributed by atoms with Gasteiger partial charge in [-0.3, -0.25) is 4.79 Å². The molecule has 0 aliphatic rings. The van der Waals surface area contributed by atoms with Crippen molar-refractivity contribution in [1.29, 1.82) is 0 Å². The van der Waals surface area contributed by atoms with Gasteiger partial charge in [0.1, 0.15) is 0 Å². The first-order valence-corrected chi connectivity index (χ1v) is 4.88. The molecule has 0 fully saturated rings. The molecule has 82 valence electrons. The van der Waals surface area contributed by atoms with E-state index in [4.69, 9.17) is 16.3 Å². The summed E-state index contributed by atoms with van der Waals surface area (Å²) in [6, 6.07) is 3.38. The van der Waals surface area contributed by atoms with E-state index in [9.17, 15) is 4.79 Å². The molecule has 0 N–H and O–H groups in total. The van der Waals surface area contributed by atoms with E-state index in [1.807, 2.05) is 0 Å². The maximum absolute atomic E-state index is 11.5. The number of halogens is 1. The number of pyridine rings is 1. The minimum atomic E-state index is -0.568. The first-order valence-electron chi connectivity index (χ1n) is 4.50. The molecule has 1 atom stereocenters. The highest BCUT2D eigenvalue weighted by Gasteiger charge is 2.17. The lowest BCUT2D eigenvalue weighted by Gasteiger charge is -2.18. The number of likely N-dealkylation sites (N-methyl/N-ethyl adjacent to an activating group) is 1. The van der Waals surface area contributed by atoms with Crippen molar-refractivity contribution in [3.05, 3.63) is 23.5 Å². The highest BCUT2D eigenvalue weighted by molar-refractivity contribution is 6.30. The minimum absolute atomic E-state index is 0.116. The van der Waals surface area contributed by atoms with Crippen molar-refractivity contribution in [2.45, 2.75) is 13.0 Å². The monoisotopic (exact) mass is 228 g/mol. The van der Waals surface area contributed by atoms with Gasteiger partial charge in [-0.1, -0.05) is 11.6 Å². The molecule has 0 aliphatic heterocycles. The Balaban J connectivity index is 2.71. The van der Waals surface area contributed by atoms with Gasteiger partial charge >= 0.3 is 0 Å². The van der Waals surface area contributed by atoms with Crippen molar-refractivity contribution >= 4 is 17.5 Å². The van der Waals surface area contributed by atoms with Gasteiger partial charge in [0.15, 0.2) is 17.0 Å².